The van der Waals surface area contributed by atoms with E-state index in [1.54, 1.807) is 20.8 Å². The van der Waals surface area contributed by atoms with Gasteiger partial charge in [0.25, 0.3) is 0 Å². The van der Waals surface area contributed by atoms with Crippen molar-refractivity contribution in [3.8, 4) is 0 Å². The van der Waals surface area contributed by atoms with Crippen LogP contribution in [0.15, 0.2) is 5.16 Å². The van der Waals surface area contributed by atoms with Gasteiger partial charge in [-0.15, -0.1) is 0 Å². The van der Waals surface area contributed by atoms with Gasteiger partial charge >= 0.3 is 11.7 Å². The van der Waals surface area contributed by atoms with E-state index in [4.69, 9.17) is 25.8 Å². The SMILES string of the molecule is CCCSc1nc(Cl)c([N+](=O)[O-])c(N[C@H]2C[C@@H](OC(CC)C(=O)O)[C@@H]3OC(C)(C)O[C@@H]32)n1. The van der Waals surface area contributed by atoms with E-state index in [1.165, 1.54) is 11.8 Å². The van der Waals surface area contributed by atoms with Crippen LogP contribution in [0.1, 0.15) is 47.0 Å². The van der Waals surface area contributed by atoms with E-state index >= 15 is 0 Å². The lowest BCUT2D eigenvalue weighted by molar-refractivity contribution is -0.384. The molecule has 1 saturated carbocycles. The predicted molar refractivity (Wildman–Crippen MR) is 117 cm³/mol. The molecule has 1 aliphatic heterocycles. The van der Waals surface area contributed by atoms with Crippen LogP contribution >= 0.6 is 23.4 Å². The summed E-state index contributed by atoms with van der Waals surface area (Å²) in [7, 11) is 0. The summed E-state index contributed by atoms with van der Waals surface area (Å²) in [5.41, 5.74) is -0.427. The Labute approximate surface area is 194 Å². The zero-order chi connectivity index (χ0) is 23.6. The van der Waals surface area contributed by atoms with Gasteiger partial charge in [-0.3, -0.25) is 10.1 Å². The molecule has 0 spiro atoms. The van der Waals surface area contributed by atoms with Crippen LogP contribution in [0.5, 0.6) is 0 Å². The Balaban J connectivity index is 1.89. The van der Waals surface area contributed by atoms with Gasteiger partial charge < -0.3 is 24.6 Å². The summed E-state index contributed by atoms with van der Waals surface area (Å²) in [6, 6.07) is -0.480. The summed E-state index contributed by atoms with van der Waals surface area (Å²) < 4.78 is 17.8. The Kier molecular flexibility index (Phi) is 7.81. The molecule has 0 aromatic carbocycles. The number of nitrogens with one attached hydrogen (secondary N) is 1. The van der Waals surface area contributed by atoms with Crippen molar-refractivity contribution in [1.29, 1.82) is 0 Å². The van der Waals surface area contributed by atoms with Crippen molar-refractivity contribution in [3.05, 3.63) is 15.3 Å². The van der Waals surface area contributed by atoms with Crippen molar-refractivity contribution >= 4 is 40.8 Å². The van der Waals surface area contributed by atoms with E-state index < -0.39 is 52.8 Å². The number of aliphatic carboxylic acids is 1. The Morgan fingerprint density at radius 1 is 1.41 bits per heavy atom. The predicted octanol–water partition coefficient (Wildman–Crippen LogP) is 3.49. The van der Waals surface area contributed by atoms with Crippen LogP contribution in [-0.2, 0) is 19.0 Å². The van der Waals surface area contributed by atoms with E-state index in [1.807, 2.05) is 6.92 Å². The smallest absolute Gasteiger partial charge is 0.348 e. The van der Waals surface area contributed by atoms with Gasteiger partial charge in [-0.25, -0.2) is 9.78 Å². The summed E-state index contributed by atoms with van der Waals surface area (Å²) >= 11 is 7.46. The van der Waals surface area contributed by atoms with Crippen molar-refractivity contribution in [1.82, 2.24) is 9.97 Å². The number of carboxylic acids is 1. The first-order valence-electron chi connectivity index (χ1n) is 10.4. The molecule has 0 bridgehead atoms. The number of fused-ring (bicyclic) bond motifs is 1. The van der Waals surface area contributed by atoms with E-state index in [9.17, 15) is 20.0 Å². The minimum Gasteiger partial charge on any atom is -0.479 e. The number of hydrogen-bond donors (Lipinski definition) is 2. The number of aromatic nitrogens is 2. The first-order chi connectivity index (χ1) is 15.1. The standard InChI is InChI=1S/C19H27ClN4O7S/c1-5-7-32-18-22-15(20)12(24(27)28)16(23-18)21-9-8-11(29-10(6-2)17(25)26)14-13(9)30-19(3,4)31-14/h9-11,13-14H,5-8H2,1-4H3,(H,25,26)(H,21,22,23)/t9-,10?,11+,13+,14-/m0/s1. The van der Waals surface area contributed by atoms with Gasteiger partial charge in [-0.2, -0.15) is 4.98 Å². The summed E-state index contributed by atoms with van der Waals surface area (Å²) in [6.07, 6.45) is -1.17. The van der Waals surface area contributed by atoms with Gasteiger partial charge in [-0.05, 0) is 33.1 Å². The fraction of sp³-hybridized carbons (Fsp3) is 0.737. The fourth-order valence-corrected chi connectivity index (χ4v) is 4.84. The number of rotatable bonds is 10. The van der Waals surface area contributed by atoms with E-state index in [2.05, 4.69) is 15.3 Å². The van der Waals surface area contributed by atoms with Crippen LogP contribution in [0.25, 0.3) is 0 Å². The number of carboxylic acid groups (broad SMARTS) is 1. The first kappa shape index (κ1) is 24.9. The van der Waals surface area contributed by atoms with Crippen molar-refractivity contribution in [3.63, 3.8) is 0 Å². The fourth-order valence-electron chi connectivity index (χ4n) is 3.85. The highest BCUT2D eigenvalue weighted by molar-refractivity contribution is 7.99. The summed E-state index contributed by atoms with van der Waals surface area (Å²) in [5.74, 6) is -1.26. The van der Waals surface area contributed by atoms with Gasteiger partial charge in [0, 0.05) is 5.75 Å². The highest BCUT2D eigenvalue weighted by Crippen LogP contribution is 2.42. The van der Waals surface area contributed by atoms with Crippen molar-refractivity contribution in [2.75, 3.05) is 11.1 Å². The van der Waals surface area contributed by atoms with Gasteiger partial charge in [0.1, 0.15) is 12.2 Å². The van der Waals surface area contributed by atoms with E-state index in [-0.39, 0.29) is 17.4 Å². The maximum atomic E-state index is 11.6. The topological polar surface area (TPSA) is 146 Å². The molecule has 178 valence electrons. The van der Waals surface area contributed by atoms with Crippen LogP contribution in [-0.4, -0.2) is 68.0 Å². The summed E-state index contributed by atoms with van der Waals surface area (Å²) in [5, 5.41) is 24.2. The third-order valence-corrected chi connectivity index (χ3v) is 6.48. The molecule has 1 aliphatic carbocycles. The molecule has 1 saturated heterocycles. The summed E-state index contributed by atoms with van der Waals surface area (Å²) in [6.45, 7) is 7.21. The zero-order valence-corrected chi connectivity index (χ0v) is 19.8. The minimum atomic E-state index is -1.06. The number of hydrogen-bond acceptors (Lipinski definition) is 10. The van der Waals surface area contributed by atoms with Gasteiger partial charge in [0.2, 0.25) is 11.0 Å². The molecule has 2 aliphatic rings. The van der Waals surface area contributed by atoms with Gasteiger partial charge in [0.05, 0.1) is 17.1 Å². The van der Waals surface area contributed by atoms with E-state index in [0.29, 0.717) is 11.6 Å². The molecule has 0 amide bonds. The maximum absolute atomic E-state index is 11.6. The second-order valence-electron chi connectivity index (χ2n) is 8.06. The molecule has 3 rings (SSSR count). The quantitative estimate of drug-likeness (QED) is 0.163. The lowest BCUT2D eigenvalue weighted by atomic mass is 10.2. The number of ether oxygens (including phenoxy) is 3. The Hall–Kier alpha value is -1.73. The van der Waals surface area contributed by atoms with Crippen LogP contribution in [0.4, 0.5) is 11.5 Å². The van der Waals surface area contributed by atoms with Crippen molar-refractivity contribution in [2.24, 2.45) is 0 Å². The third kappa shape index (κ3) is 5.42. The second-order valence-corrected chi connectivity index (χ2v) is 9.48. The zero-order valence-electron chi connectivity index (χ0n) is 18.2. The largest absolute Gasteiger partial charge is 0.479 e. The lowest BCUT2D eigenvalue weighted by Gasteiger charge is -2.25. The number of carbonyl (C=O) groups is 1. The maximum Gasteiger partial charge on any atom is 0.348 e. The molecule has 0 radical (unpaired) electrons. The van der Waals surface area contributed by atoms with Gasteiger partial charge in [0.15, 0.2) is 17.0 Å². The molecule has 2 heterocycles. The Morgan fingerprint density at radius 2 is 2.09 bits per heavy atom. The molecule has 2 N–H and O–H groups in total. The number of nitrogens with zero attached hydrogens (tertiary/aromatic N) is 3. The molecule has 2 fully saturated rings. The molecule has 32 heavy (non-hydrogen) atoms. The monoisotopic (exact) mass is 490 g/mol. The van der Waals surface area contributed by atoms with Crippen LogP contribution in [0, 0.1) is 10.1 Å². The molecular formula is C19H27ClN4O7S. The molecule has 11 nitrogen and oxygen atoms in total. The molecule has 13 heteroatoms. The highest BCUT2D eigenvalue weighted by atomic mass is 35.5. The molecule has 5 atom stereocenters. The second kappa shape index (κ2) is 10.0. The molecular weight excluding hydrogens is 464 g/mol. The molecule has 1 unspecified atom stereocenters. The van der Waals surface area contributed by atoms with Crippen LogP contribution < -0.4 is 5.32 Å². The average molecular weight is 491 g/mol. The van der Waals surface area contributed by atoms with Gasteiger partial charge in [-0.1, -0.05) is 37.2 Å². The Bertz CT molecular complexity index is 874. The summed E-state index contributed by atoms with van der Waals surface area (Å²) in [4.78, 5) is 30.8. The van der Waals surface area contributed by atoms with Crippen molar-refractivity contribution in [2.45, 2.75) is 88.4 Å². The first-order valence-corrected chi connectivity index (χ1v) is 11.8. The normalized spacial score (nSPS) is 27.2. The number of nitro groups is 1. The Morgan fingerprint density at radius 3 is 2.69 bits per heavy atom. The third-order valence-electron chi connectivity index (χ3n) is 5.16. The van der Waals surface area contributed by atoms with Crippen LogP contribution in [0.2, 0.25) is 5.15 Å². The minimum absolute atomic E-state index is 0.0171. The molecule has 1 aromatic heterocycles. The highest BCUT2D eigenvalue weighted by Gasteiger charge is 2.55. The number of halogens is 1. The average Bonchev–Trinajstić information content (AvgIpc) is 3.17. The molecule has 1 aromatic rings. The number of thioether (sulfide) groups is 1. The van der Waals surface area contributed by atoms with E-state index in [0.717, 1.165) is 12.2 Å². The number of anilines is 1. The lowest BCUT2D eigenvalue weighted by Crippen LogP contribution is -2.36. The van der Waals surface area contributed by atoms with Crippen LogP contribution in [0.3, 0.4) is 0 Å². The van der Waals surface area contributed by atoms with Crippen molar-refractivity contribution < 1.29 is 29.0 Å².